The lowest BCUT2D eigenvalue weighted by Gasteiger charge is -2.32. The second kappa shape index (κ2) is 4.63. The monoisotopic (exact) mass is 290 g/mol. The number of hydrogen-bond donors (Lipinski definition) is 1. The van der Waals surface area contributed by atoms with Gasteiger partial charge < -0.3 is 5.32 Å². The molecule has 0 saturated carbocycles. The minimum atomic E-state index is -0.808. The molecule has 4 nitrogen and oxygen atoms in total. The number of benzene rings is 1. The Morgan fingerprint density at radius 2 is 2.05 bits per heavy atom. The van der Waals surface area contributed by atoms with Crippen molar-refractivity contribution >= 4 is 23.5 Å². The van der Waals surface area contributed by atoms with Crippen LogP contribution in [0.2, 0.25) is 0 Å². The van der Waals surface area contributed by atoms with Crippen LogP contribution in [0.3, 0.4) is 0 Å². The molecule has 1 aliphatic carbocycles. The molecular weight excluding hydrogens is 276 g/mol. The van der Waals surface area contributed by atoms with Gasteiger partial charge in [0, 0.05) is 11.5 Å². The molecule has 20 heavy (non-hydrogen) atoms. The number of amides is 3. The van der Waals surface area contributed by atoms with Crippen LogP contribution in [0, 0.1) is 0 Å². The lowest BCUT2D eigenvalue weighted by molar-refractivity contribution is -0.131. The largest absolute Gasteiger partial charge is 0.325 e. The van der Waals surface area contributed by atoms with Crippen LogP contribution in [0.1, 0.15) is 17.5 Å². The molecule has 3 rings (SSSR count). The van der Waals surface area contributed by atoms with Crippen LogP contribution < -0.4 is 5.32 Å². The van der Waals surface area contributed by atoms with Gasteiger partial charge in [0.2, 0.25) is 0 Å². The lowest BCUT2D eigenvalue weighted by atomic mass is 9.78. The van der Waals surface area contributed by atoms with Gasteiger partial charge in [0.1, 0.15) is 5.54 Å². The molecule has 2 aliphatic rings. The predicted molar refractivity (Wildman–Crippen MR) is 76.4 cm³/mol. The predicted octanol–water partition coefficient (Wildman–Crippen LogP) is 2.22. The number of aryl methyl sites for hydroxylation is 1. The Labute approximate surface area is 122 Å². The first kappa shape index (κ1) is 13.2. The average Bonchev–Trinajstić information content (AvgIpc) is 2.63. The number of carbonyl (C=O) groups excluding carboxylic acids is 2. The number of rotatable bonds is 2. The summed E-state index contributed by atoms with van der Waals surface area (Å²) < 4.78 is 0. The molecule has 1 aromatic carbocycles. The first-order valence-corrected chi connectivity index (χ1v) is 6.94. The number of nitrogens with zero attached hydrogens (tertiary/aromatic N) is 1. The third-order valence-electron chi connectivity index (χ3n) is 4.01. The van der Waals surface area contributed by atoms with Crippen LogP contribution in [-0.4, -0.2) is 28.9 Å². The van der Waals surface area contributed by atoms with E-state index in [2.05, 4.69) is 18.0 Å². The fourth-order valence-corrected chi connectivity index (χ4v) is 3.14. The van der Waals surface area contributed by atoms with Gasteiger partial charge in [-0.3, -0.25) is 9.69 Å². The molecule has 5 heteroatoms. The Balaban J connectivity index is 1.90. The summed E-state index contributed by atoms with van der Waals surface area (Å²) in [6.07, 6.45) is 1.96. The summed E-state index contributed by atoms with van der Waals surface area (Å²) in [6, 6.07) is 7.66. The number of carbonyl (C=O) groups is 2. The van der Waals surface area contributed by atoms with Crippen molar-refractivity contribution in [3.05, 3.63) is 47.0 Å². The highest BCUT2D eigenvalue weighted by Gasteiger charge is 2.52. The van der Waals surface area contributed by atoms with Crippen molar-refractivity contribution < 1.29 is 9.59 Å². The van der Waals surface area contributed by atoms with Crippen LogP contribution in [0.25, 0.3) is 0 Å². The van der Waals surface area contributed by atoms with E-state index < -0.39 is 5.54 Å². The van der Waals surface area contributed by atoms with Gasteiger partial charge in [0.05, 0.1) is 6.54 Å². The smallest absolute Gasteiger partial charge is 0.323 e. The molecule has 1 aromatic rings. The molecule has 1 aliphatic heterocycles. The lowest BCUT2D eigenvalue weighted by Crippen LogP contribution is -2.51. The second-order valence-electron chi connectivity index (χ2n) is 5.37. The van der Waals surface area contributed by atoms with Crippen molar-refractivity contribution in [2.24, 2.45) is 0 Å². The molecule has 1 fully saturated rings. The summed E-state index contributed by atoms with van der Waals surface area (Å²) in [6.45, 7) is 3.61. The van der Waals surface area contributed by atoms with E-state index in [-0.39, 0.29) is 23.5 Å². The highest BCUT2D eigenvalue weighted by molar-refractivity contribution is 6.30. The first-order chi connectivity index (χ1) is 9.52. The fraction of sp³-hybridized carbons (Fsp3) is 0.333. The van der Waals surface area contributed by atoms with Crippen LogP contribution in [0.4, 0.5) is 4.79 Å². The average molecular weight is 291 g/mol. The first-order valence-electron chi connectivity index (χ1n) is 6.56. The van der Waals surface area contributed by atoms with E-state index >= 15 is 0 Å². The Morgan fingerprint density at radius 3 is 2.75 bits per heavy atom. The molecule has 1 unspecified atom stereocenters. The Bertz CT molecular complexity index is 614. The summed E-state index contributed by atoms with van der Waals surface area (Å²) in [5.41, 5.74) is 1.57. The van der Waals surface area contributed by atoms with Gasteiger partial charge in [-0.05, 0) is 24.0 Å². The highest BCUT2D eigenvalue weighted by Crippen LogP contribution is 2.33. The minimum Gasteiger partial charge on any atom is -0.323 e. The van der Waals surface area contributed by atoms with E-state index in [1.807, 2.05) is 18.2 Å². The molecule has 0 bridgehead atoms. The van der Waals surface area contributed by atoms with E-state index in [0.29, 0.717) is 12.8 Å². The SMILES string of the molecule is C=C(Cl)CN1C(=O)NC2(CCc3ccccc3C2)C1=O. The molecule has 1 heterocycles. The zero-order valence-corrected chi connectivity index (χ0v) is 11.7. The summed E-state index contributed by atoms with van der Waals surface area (Å²) in [5, 5.41) is 3.13. The van der Waals surface area contributed by atoms with Gasteiger partial charge in [-0.25, -0.2) is 4.79 Å². The van der Waals surface area contributed by atoms with Crippen LogP contribution in [0.15, 0.2) is 35.9 Å². The van der Waals surface area contributed by atoms with Crippen LogP contribution in [0.5, 0.6) is 0 Å². The van der Waals surface area contributed by atoms with Gasteiger partial charge in [0.15, 0.2) is 0 Å². The van der Waals surface area contributed by atoms with E-state index in [9.17, 15) is 9.59 Å². The van der Waals surface area contributed by atoms with Gasteiger partial charge in [-0.15, -0.1) is 0 Å². The highest BCUT2D eigenvalue weighted by atomic mass is 35.5. The van der Waals surface area contributed by atoms with Crippen molar-refractivity contribution in [3.8, 4) is 0 Å². The van der Waals surface area contributed by atoms with Crippen LogP contribution >= 0.6 is 11.6 Å². The van der Waals surface area contributed by atoms with E-state index in [1.165, 1.54) is 5.56 Å². The molecule has 0 radical (unpaired) electrons. The number of nitrogens with one attached hydrogen (secondary N) is 1. The normalized spacial score (nSPS) is 24.8. The van der Waals surface area contributed by atoms with Gasteiger partial charge in [0.25, 0.3) is 5.91 Å². The third kappa shape index (κ3) is 2.00. The topological polar surface area (TPSA) is 49.4 Å². The van der Waals surface area contributed by atoms with Crippen molar-refractivity contribution in [1.29, 1.82) is 0 Å². The number of urea groups is 1. The van der Waals surface area contributed by atoms with Crippen molar-refractivity contribution in [2.75, 3.05) is 6.54 Å². The maximum atomic E-state index is 12.6. The molecule has 1 saturated heterocycles. The molecule has 1 N–H and O–H groups in total. The van der Waals surface area contributed by atoms with Crippen molar-refractivity contribution in [2.45, 2.75) is 24.8 Å². The number of imide groups is 1. The van der Waals surface area contributed by atoms with Crippen molar-refractivity contribution in [3.63, 3.8) is 0 Å². The molecule has 1 spiro atoms. The van der Waals surface area contributed by atoms with Gasteiger partial charge >= 0.3 is 6.03 Å². The van der Waals surface area contributed by atoms with Gasteiger partial charge in [-0.1, -0.05) is 42.4 Å². The summed E-state index contributed by atoms with van der Waals surface area (Å²) in [5.74, 6) is -0.196. The molecular formula is C15H15ClN2O2. The Hall–Kier alpha value is -1.81. The fourth-order valence-electron chi connectivity index (χ4n) is 3.02. The van der Waals surface area contributed by atoms with Gasteiger partial charge in [-0.2, -0.15) is 0 Å². The molecule has 3 amide bonds. The molecule has 104 valence electrons. The second-order valence-corrected chi connectivity index (χ2v) is 5.90. The molecule has 0 aromatic heterocycles. The summed E-state index contributed by atoms with van der Waals surface area (Å²) in [4.78, 5) is 25.7. The van der Waals surface area contributed by atoms with E-state index in [1.54, 1.807) is 0 Å². The quantitative estimate of drug-likeness (QED) is 0.849. The summed E-state index contributed by atoms with van der Waals surface area (Å²) in [7, 11) is 0. The number of fused-ring (bicyclic) bond motifs is 1. The third-order valence-corrected chi connectivity index (χ3v) is 4.13. The zero-order valence-electron chi connectivity index (χ0n) is 11.0. The standard InChI is InChI=1S/C15H15ClN2O2/c1-10(16)9-18-13(19)15(17-14(18)20)7-6-11-4-2-3-5-12(11)8-15/h2-5H,1,6-9H2,(H,17,20). The minimum absolute atomic E-state index is 0.0651. The zero-order chi connectivity index (χ0) is 14.3. The van der Waals surface area contributed by atoms with Crippen molar-refractivity contribution in [1.82, 2.24) is 10.2 Å². The maximum absolute atomic E-state index is 12.6. The van der Waals surface area contributed by atoms with E-state index in [4.69, 9.17) is 11.6 Å². The Morgan fingerprint density at radius 1 is 1.35 bits per heavy atom. The number of hydrogen-bond acceptors (Lipinski definition) is 2. The summed E-state index contributed by atoms with van der Waals surface area (Å²) >= 11 is 5.73. The maximum Gasteiger partial charge on any atom is 0.325 e. The molecule has 1 atom stereocenters. The van der Waals surface area contributed by atoms with E-state index in [0.717, 1.165) is 16.9 Å². The van der Waals surface area contributed by atoms with Crippen LogP contribution in [-0.2, 0) is 17.6 Å². The number of halogens is 1. The Kier molecular flexibility index (Phi) is 3.05.